The van der Waals surface area contributed by atoms with Gasteiger partial charge >= 0.3 is 5.97 Å². The van der Waals surface area contributed by atoms with Crippen LogP contribution in [0.15, 0.2) is 24.3 Å². The molecule has 0 amide bonds. The molecular weight excluding hydrogens is 298 g/mol. The molecule has 20 heavy (non-hydrogen) atoms. The van der Waals surface area contributed by atoms with Gasteiger partial charge in [0.1, 0.15) is 6.04 Å². The molecule has 6 heteroatoms. The molecular formula is C14H14ClNO3S. The van der Waals surface area contributed by atoms with E-state index < -0.39 is 18.1 Å². The lowest BCUT2D eigenvalue weighted by Gasteiger charge is -2.19. The van der Waals surface area contributed by atoms with Crippen LogP contribution in [-0.2, 0) is 11.3 Å². The number of carboxylic acids is 1. The van der Waals surface area contributed by atoms with Crippen LogP contribution in [0.2, 0.25) is 5.02 Å². The van der Waals surface area contributed by atoms with Crippen LogP contribution in [0.1, 0.15) is 11.3 Å². The SMILES string of the molecule is O=C(O)C1CC(O)CN1Cc1sc2ccccc2c1Cl. The van der Waals surface area contributed by atoms with E-state index in [1.807, 2.05) is 24.3 Å². The lowest BCUT2D eigenvalue weighted by atomic mass is 10.2. The Hall–Kier alpha value is -1.14. The number of fused-ring (bicyclic) bond motifs is 1. The van der Waals surface area contributed by atoms with Crippen LogP contribution in [-0.4, -0.2) is 39.8 Å². The number of carbonyl (C=O) groups is 1. The number of nitrogens with zero attached hydrogens (tertiary/aromatic N) is 1. The van der Waals surface area contributed by atoms with Gasteiger partial charge < -0.3 is 10.2 Å². The van der Waals surface area contributed by atoms with Gasteiger partial charge in [-0.05, 0) is 6.07 Å². The monoisotopic (exact) mass is 311 g/mol. The van der Waals surface area contributed by atoms with Crippen molar-refractivity contribution in [3.8, 4) is 0 Å². The second-order valence-electron chi connectivity index (χ2n) is 5.01. The molecule has 1 saturated heterocycles. The number of hydrogen-bond donors (Lipinski definition) is 2. The van der Waals surface area contributed by atoms with Crippen LogP contribution in [0.3, 0.4) is 0 Å². The summed E-state index contributed by atoms with van der Waals surface area (Å²) in [5.74, 6) is -0.890. The molecule has 3 rings (SSSR count). The number of likely N-dealkylation sites (tertiary alicyclic amines) is 1. The highest BCUT2D eigenvalue weighted by molar-refractivity contribution is 7.19. The van der Waals surface area contributed by atoms with Gasteiger partial charge in [0.15, 0.2) is 0 Å². The van der Waals surface area contributed by atoms with Crippen molar-refractivity contribution in [2.75, 3.05) is 6.54 Å². The highest BCUT2D eigenvalue weighted by atomic mass is 35.5. The fraction of sp³-hybridized carbons (Fsp3) is 0.357. The number of hydrogen-bond acceptors (Lipinski definition) is 4. The van der Waals surface area contributed by atoms with Crippen LogP contribution >= 0.6 is 22.9 Å². The van der Waals surface area contributed by atoms with E-state index in [1.165, 1.54) is 0 Å². The van der Waals surface area contributed by atoms with Gasteiger partial charge in [0.05, 0.1) is 11.1 Å². The van der Waals surface area contributed by atoms with Crippen LogP contribution < -0.4 is 0 Å². The van der Waals surface area contributed by atoms with Crippen LogP contribution in [0.25, 0.3) is 10.1 Å². The first-order valence-electron chi connectivity index (χ1n) is 6.37. The molecule has 4 nitrogen and oxygen atoms in total. The second-order valence-corrected chi connectivity index (χ2v) is 6.52. The summed E-state index contributed by atoms with van der Waals surface area (Å²) in [6.45, 7) is 0.841. The number of benzene rings is 1. The minimum absolute atomic E-state index is 0.276. The van der Waals surface area contributed by atoms with E-state index in [4.69, 9.17) is 11.6 Å². The van der Waals surface area contributed by atoms with Gasteiger partial charge in [-0.25, -0.2) is 0 Å². The molecule has 106 valence electrons. The Balaban J connectivity index is 1.89. The first-order valence-corrected chi connectivity index (χ1v) is 7.56. The van der Waals surface area contributed by atoms with Crippen molar-refractivity contribution in [2.45, 2.75) is 25.1 Å². The highest BCUT2D eigenvalue weighted by Gasteiger charge is 2.36. The smallest absolute Gasteiger partial charge is 0.321 e. The maximum Gasteiger partial charge on any atom is 0.321 e. The summed E-state index contributed by atoms with van der Waals surface area (Å²) in [6, 6.07) is 7.23. The molecule has 2 N–H and O–H groups in total. The lowest BCUT2D eigenvalue weighted by molar-refractivity contribution is -0.142. The number of carboxylic acid groups (broad SMARTS) is 1. The Bertz CT molecular complexity index is 657. The van der Waals surface area contributed by atoms with Crippen molar-refractivity contribution in [3.63, 3.8) is 0 Å². The summed E-state index contributed by atoms with van der Waals surface area (Å²) >= 11 is 7.95. The molecule has 1 aromatic heterocycles. The average molecular weight is 312 g/mol. The fourth-order valence-electron chi connectivity index (χ4n) is 2.66. The Morgan fingerprint density at radius 1 is 1.45 bits per heavy atom. The second kappa shape index (κ2) is 5.33. The molecule has 1 fully saturated rings. The predicted molar refractivity (Wildman–Crippen MR) is 79.3 cm³/mol. The zero-order chi connectivity index (χ0) is 14.3. The standard InChI is InChI=1S/C14H14ClNO3S/c15-13-9-3-1-2-4-11(9)20-12(13)7-16-6-8(17)5-10(16)14(18)19/h1-4,8,10,17H,5-7H2,(H,18,19). The highest BCUT2D eigenvalue weighted by Crippen LogP contribution is 2.37. The Kier molecular flexibility index (Phi) is 3.69. The zero-order valence-corrected chi connectivity index (χ0v) is 12.2. The lowest BCUT2D eigenvalue weighted by Crippen LogP contribution is -2.35. The molecule has 0 aliphatic carbocycles. The largest absolute Gasteiger partial charge is 0.480 e. The first kappa shape index (κ1) is 13.8. The van der Waals surface area contributed by atoms with E-state index in [9.17, 15) is 15.0 Å². The number of β-amino-alcohol motifs (C(OH)–C–C–N with tert-alkyl or cyclic N) is 1. The summed E-state index contributed by atoms with van der Waals surface area (Å²) in [4.78, 5) is 14.0. The zero-order valence-electron chi connectivity index (χ0n) is 10.6. The van der Waals surface area contributed by atoms with Crippen LogP contribution in [0, 0.1) is 0 Å². The summed E-state index contributed by atoms with van der Waals surface area (Å²) in [7, 11) is 0. The van der Waals surface area contributed by atoms with E-state index in [2.05, 4.69) is 0 Å². The fourth-order valence-corrected chi connectivity index (χ4v) is 4.18. The van der Waals surface area contributed by atoms with Crippen molar-refractivity contribution >= 4 is 39.0 Å². The molecule has 1 aromatic carbocycles. The summed E-state index contributed by atoms with van der Waals surface area (Å²) < 4.78 is 1.10. The third-order valence-corrected chi connectivity index (χ3v) is 5.31. The van der Waals surface area contributed by atoms with Gasteiger partial charge in [-0.15, -0.1) is 11.3 Å². The molecule has 1 aliphatic heterocycles. The van der Waals surface area contributed by atoms with E-state index in [-0.39, 0.29) is 6.42 Å². The average Bonchev–Trinajstić information content (AvgIpc) is 2.92. The summed E-state index contributed by atoms with van der Waals surface area (Å²) in [5, 5.41) is 20.6. The Labute approximate surface area is 125 Å². The van der Waals surface area contributed by atoms with Gasteiger partial charge in [-0.3, -0.25) is 9.69 Å². The number of thiophene rings is 1. The molecule has 2 unspecified atom stereocenters. The van der Waals surface area contributed by atoms with Crippen molar-refractivity contribution < 1.29 is 15.0 Å². The minimum atomic E-state index is -0.890. The molecule has 2 heterocycles. The molecule has 0 saturated carbocycles. The first-order chi connectivity index (χ1) is 9.56. The van der Waals surface area contributed by atoms with Crippen LogP contribution in [0.5, 0.6) is 0 Å². The number of rotatable bonds is 3. The van der Waals surface area contributed by atoms with Gasteiger partial charge in [0, 0.05) is 34.5 Å². The molecule has 2 atom stereocenters. The third-order valence-electron chi connectivity index (χ3n) is 3.61. The van der Waals surface area contributed by atoms with Crippen molar-refractivity contribution in [1.29, 1.82) is 0 Å². The van der Waals surface area contributed by atoms with Crippen LogP contribution in [0.4, 0.5) is 0 Å². The van der Waals surface area contributed by atoms with Gasteiger partial charge in [-0.2, -0.15) is 0 Å². The van der Waals surface area contributed by atoms with Gasteiger partial charge in [-0.1, -0.05) is 29.8 Å². The molecule has 0 spiro atoms. The predicted octanol–water partition coefficient (Wildman–Crippen LogP) is 2.57. The van der Waals surface area contributed by atoms with Gasteiger partial charge in [0.2, 0.25) is 0 Å². The molecule has 0 bridgehead atoms. The molecule has 1 aliphatic rings. The normalized spacial score (nSPS) is 23.5. The van der Waals surface area contributed by atoms with E-state index in [1.54, 1.807) is 16.2 Å². The van der Waals surface area contributed by atoms with E-state index in [0.717, 1.165) is 15.0 Å². The van der Waals surface area contributed by atoms with Gasteiger partial charge in [0.25, 0.3) is 0 Å². The third kappa shape index (κ3) is 2.42. The maximum atomic E-state index is 11.2. The Morgan fingerprint density at radius 3 is 2.90 bits per heavy atom. The number of aliphatic hydroxyl groups is 1. The van der Waals surface area contributed by atoms with E-state index in [0.29, 0.717) is 18.1 Å². The number of aliphatic hydroxyl groups excluding tert-OH is 1. The maximum absolute atomic E-state index is 11.2. The molecule has 2 aromatic rings. The summed E-state index contributed by atoms with van der Waals surface area (Å²) in [5.41, 5.74) is 0. The quantitative estimate of drug-likeness (QED) is 0.914. The molecule has 0 radical (unpaired) electrons. The van der Waals surface area contributed by atoms with Crippen molar-refractivity contribution in [3.05, 3.63) is 34.2 Å². The number of halogens is 1. The minimum Gasteiger partial charge on any atom is -0.480 e. The topological polar surface area (TPSA) is 60.8 Å². The van der Waals surface area contributed by atoms with Crippen molar-refractivity contribution in [1.82, 2.24) is 4.90 Å². The summed E-state index contributed by atoms with van der Waals surface area (Å²) in [6.07, 6.45) is -0.304. The van der Waals surface area contributed by atoms with E-state index >= 15 is 0 Å². The Morgan fingerprint density at radius 2 is 2.20 bits per heavy atom. The van der Waals surface area contributed by atoms with Crippen molar-refractivity contribution in [2.24, 2.45) is 0 Å². The number of aliphatic carboxylic acids is 1.